The number of hydrogen-bond acceptors (Lipinski definition) is 5. The van der Waals surface area contributed by atoms with Gasteiger partial charge in [0.25, 0.3) is 5.91 Å². The zero-order chi connectivity index (χ0) is 27.4. The zero-order valence-electron chi connectivity index (χ0n) is 21.2. The summed E-state index contributed by atoms with van der Waals surface area (Å²) in [6.45, 7) is 3.67. The lowest BCUT2D eigenvalue weighted by atomic mass is 9.98. The van der Waals surface area contributed by atoms with E-state index in [1.807, 2.05) is 48.5 Å². The topological polar surface area (TPSA) is 131 Å². The van der Waals surface area contributed by atoms with Crippen molar-refractivity contribution in [1.29, 1.82) is 0 Å². The summed E-state index contributed by atoms with van der Waals surface area (Å²) in [6.07, 6.45) is 0. The minimum Gasteiger partial charge on any atom is -0.352 e. The molecule has 3 aromatic rings. The van der Waals surface area contributed by atoms with Gasteiger partial charge in [-0.05, 0) is 54.3 Å². The summed E-state index contributed by atoms with van der Waals surface area (Å²) in [5, 5.41) is 5.38. The molecule has 1 aliphatic heterocycles. The number of nitrogens with two attached hydrogens (primary N) is 2. The molecule has 0 radical (unpaired) electrons. The summed E-state index contributed by atoms with van der Waals surface area (Å²) in [6, 6.07) is 18.3. The van der Waals surface area contributed by atoms with Crippen molar-refractivity contribution in [3.05, 3.63) is 83.7 Å². The molecule has 0 fully saturated rings. The molecule has 0 saturated heterocycles. The van der Waals surface area contributed by atoms with E-state index in [1.54, 1.807) is 24.8 Å². The molecule has 0 aromatic heterocycles. The van der Waals surface area contributed by atoms with E-state index in [9.17, 15) is 18.8 Å². The summed E-state index contributed by atoms with van der Waals surface area (Å²) in [5.41, 5.74) is 14.2. The fraction of sp³-hybridized carbons (Fsp3) is 0.250. The first-order valence-electron chi connectivity index (χ1n) is 12.1. The van der Waals surface area contributed by atoms with Crippen molar-refractivity contribution < 1.29 is 18.8 Å². The van der Waals surface area contributed by atoms with Gasteiger partial charge in [0.15, 0.2) is 0 Å². The van der Waals surface area contributed by atoms with Gasteiger partial charge in [-0.3, -0.25) is 9.59 Å². The van der Waals surface area contributed by atoms with Crippen LogP contribution in [0.5, 0.6) is 0 Å². The first-order chi connectivity index (χ1) is 18.0. The minimum absolute atomic E-state index is 0.224. The van der Waals surface area contributed by atoms with Crippen LogP contribution in [0.1, 0.15) is 25.0 Å². The molecule has 0 bridgehead atoms. The molecule has 1 aliphatic rings. The number of amides is 4. The average Bonchev–Trinajstić information content (AvgIpc) is 2.99. The number of fused-ring (bicyclic) bond motifs is 1. The van der Waals surface area contributed by atoms with Crippen molar-refractivity contribution in [2.45, 2.75) is 43.4 Å². The molecule has 0 aliphatic carbocycles. The number of hydrogen-bond donors (Lipinski definition) is 4. The van der Waals surface area contributed by atoms with Crippen molar-refractivity contribution in [3.8, 4) is 11.1 Å². The normalized spacial score (nSPS) is 15.4. The van der Waals surface area contributed by atoms with Crippen LogP contribution in [-0.4, -0.2) is 35.2 Å². The number of urea groups is 1. The van der Waals surface area contributed by atoms with Gasteiger partial charge in [0.1, 0.15) is 11.9 Å². The van der Waals surface area contributed by atoms with E-state index in [2.05, 4.69) is 10.6 Å². The lowest BCUT2D eigenvalue weighted by molar-refractivity contribution is -0.129. The van der Waals surface area contributed by atoms with Crippen molar-refractivity contribution in [3.63, 3.8) is 0 Å². The Bertz CT molecular complexity index is 1360. The number of thioether (sulfide) groups is 1. The van der Waals surface area contributed by atoms with E-state index in [1.165, 1.54) is 23.9 Å². The van der Waals surface area contributed by atoms with Crippen LogP contribution in [0.2, 0.25) is 0 Å². The van der Waals surface area contributed by atoms with Gasteiger partial charge in [-0.25, -0.2) is 9.18 Å². The molecule has 198 valence electrons. The molecule has 0 saturated carbocycles. The van der Waals surface area contributed by atoms with Crippen LogP contribution in [0.3, 0.4) is 0 Å². The molecule has 1 heterocycles. The van der Waals surface area contributed by atoms with Gasteiger partial charge in [-0.2, -0.15) is 0 Å². The molecule has 4 amide bonds. The van der Waals surface area contributed by atoms with E-state index >= 15 is 0 Å². The van der Waals surface area contributed by atoms with Crippen molar-refractivity contribution >= 4 is 35.3 Å². The Kier molecular flexibility index (Phi) is 8.03. The van der Waals surface area contributed by atoms with Gasteiger partial charge < -0.3 is 27.0 Å². The molecule has 4 rings (SSSR count). The van der Waals surface area contributed by atoms with Gasteiger partial charge in [0, 0.05) is 17.2 Å². The van der Waals surface area contributed by atoms with Gasteiger partial charge in [0.05, 0.1) is 17.8 Å². The van der Waals surface area contributed by atoms with Crippen LogP contribution in [0.4, 0.5) is 14.9 Å². The van der Waals surface area contributed by atoms with E-state index in [4.69, 9.17) is 11.5 Å². The standard InChI is InChI=1S/C28H30FN5O3S/c1-28(2,31)26(36)33-22-16-38-24-13-20(29)11-12-23(24)34(25(22)35)15-17-7-9-18(10-8-17)21-6-4-3-5-19(21)14-32-27(30)37/h3-13,22H,14-16,31H2,1-2H3,(H,33,36)(H3,30,32,37)/t22-/m1/s1. The summed E-state index contributed by atoms with van der Waals surface area (Å²) in [4.78, 5) is 39.6. The number of halogens is 1. The maximum absolute atomic E-state index is 14.0. The number of benzene rings is 3. The number of rotatable bonds is 7. The third kappa shape index (κ3) is 6.32. The van der Waals surface area contributed by atoms with E-state index < -0.39 is 29.3 Å². The second-order valence-corrected chi connectivity index (χ2v) is 10.7. The molecule has 6 N–H and O–H groups in total. The Morgan fingerprint density at radius 2 is 1.82 bits per heavy atom. The molecule has 0 spiro atoms. The first kappa shape index (κ1) is 27.2. The molecular formula is C28H30FN5O3S. The first-order valence-corrected chi connectivity index (χ1v) is 13.1. The van der Waals surface area contributed by atoms with Gasteiger partial charge in [0.2, 0.25) is 5.91 Å². The number of carbonyl (C=O) groups excluding carboxylic acids is 3. The van der Waals surface area contributed by atoms with Crippen LogP contribution in [0.25, 0.3) is 11.1 Å². The SMILES string of the molecule is CC(C)(N)C(=O)N[C@@H]1CSc2cc(F)ccc2N(Cc2ccc(-c3ccccc3CNC(N)=O)cc2)C1=O. The monoisotopic (exact) mass is 535 g/mol. The van der Waals surface area contributed by atoms with Crippen LogP contribution in [0.15, 0.2) is 71.6 Å². The predicted molar refractivity (Wildman–Crippen MR) is 147 cm³/mol. The van der Waals surface area contributed by atoms with E-state index in [0.29, 0.717) is 17.1 Å². The maximum atomic E-state index is 14.0. The Hall–Kier alpha value is -3.89. The lowest BCUT2D eigenvalue weighted by Crippen LogP contribution is -2.56. The summed E-state index contributed by atoms with van der Waals surface area (Å²) < 4.78 is 14.0. The number of primary amides is 1. The summed E-state index contributed by atoms with van der Waals surface area (Å²) in [5.74, 6) is -0.888. The predicted octanol–water partition coefficient (Wildman–Crippen LogP) is 3.52. The molecule has 3 aromatic carbocycles. The van der Waals surface area contributed by atoms with Gasteiger partial charge >= 0.3 is 6.03 Å². The fourth-order valence-electron chi connectivity index (χ4n) is 4.10. The Morgan fingerprint density at radius 1 is 1.11 bits per heavy atom. The molecule has 1 atom stereocenters. The summed E-state index contributed by atoms with van der Waals surface area (Å²) in [7, 11) is 0. The van der Waals surface area contributed by atoms with Crippen LogP contribution in [0, 0.1) is 5.82 Å². The van der Waals surface area contributed by atoms with E-state index in [-0.39, 0.29) is 18.2 Å². The van der Waals surface area contributed by atoms with Crippen molar-refractivity contribution in [2.75, 3.05) is 10.7 Å². The third-order valence-corrected chi connectivity index (χ3v) is 7.29. The minimum atomic E-state index is -1.15. The molecule has 8 nitrogen and oxygen atoms in total. The second kappa shape index (κ2) is 11.2. The van der Waals surface area contributed by atoms with Crippen molar-refractivity contribution in [1.82, 2.24) is 10.6 Å². The Balaban J connectivity index is 1.61. The largest absolute Gasteiger partial charge is 0.352 e. The van der Waals surface area contributed by atoms with Crippen LogP contribution < -0.4 is 27.0 Å². The number of carbonyl (C=O) groups is 3. The highest BCUT2D eigenvalue weighted by molar-refractivity contribution is 7.99. The zero-order valence-corrected chi connectivity index (χ0v) is 22.0. The lowest BCUT2D eigenvalue weighted by Gasteiger charge is -2.28. The van der Waals surface area contributed by atoms with Gasteiger partial charge in [-0.15, -0.1) is 11.8 Å². The van der Waals surface area contributed by atoms with Gasteiger partial charge in [-0.1, -0.05) is 48.5 Å². The fourth-order valence-corrected chi connectivity index (χ4v) is 5.19. The third-order valence-electron chi connectivity index (χ3n) is 6.15. The molecule has 0 unspecified atom stereocenters. The molecule has 38 heavy (non-hydrogen) atoms. The number of nitrogens with one attached hydrogen (secondary N) is 2. The molecular weight excluding hydrogens is 505 g/mol. The number of anilines is 1. The van der Waals surface area contributed by atoms with Crippen LogP contribution >= 0.6 is 11.8 Å². The smallest absolute Gasteiger partial charge is 0.312 e. The second-order valence-electron chi connectivity index (χ2n) is 9.67. The summed E-state index contributed by atoms with van der Waals surface area (Å²) >= 11 is 1.31. The quantitative estimate of drug-likeness (QED) is 0.368. The molecule has 10 heteroatoms. The van der Waals surface area contributed by atoms with Crippen LogP contribution in [-0.2, 0) is 22.7 Å². The number of nitrogens with zero attached hydrogens (tertiary/aromatic N) is 1. The Labute approximate surface area is 225 Å². The van der Waals surface area contributed by atoms with E-state index in [0.717, 1.165) is 22.3 Å². The Morgan fingerprint density at radius 3 is 2.50 bits per heavy atom. The highest BCUT2D eigenvalue weighted by atomic mass is 32.2. The highest BCUT2D eigenvalue weighted by Gasteiger charge is 2.34. The highest BCUT2D eigenvalue weighted by Crippen LogP contribution is 2.36. The maximum Gasteiger partial charge on any atom is 0.312 e. The average molecular weight is 536 g/mol. The van der Waals surface area contributed by atoms with Crippen molar-refractivity contribution in [2.24, 2.45) is 11.5 Å².